The number of rotatable bonds is 5. The zero-order valence-corrected chi connectivity index (χ0v) is 14.2. The average molecular weight is 306 g/mol. The second kappa shape index (κ2) is 6.42. The van der Waals surface area contributed by atoms with Gasteiger partial charge >= 0.3 is 0 Å². The second-order valence-electron chi connectivity index (χ2n) is 6.21. The fraction of sp³-hybridized carbons (Fsp3) is 0.750. The van der Waals surface area contributed by atoms with E-state index in [-0.39, 0.29) is 0 Å². The summed E-state index contributed by atoms with van der Waals surface area (Å²) in [5, 5.41) is 4.18. The molecule has 0 amide bonds. The van der Waals surface area contributed by atoms with E-state index in [0.29, 0.717) is 11.2 Å². The van der Waals surface area contributed by atoms with E-state index < -0.39 is 0 Å². The van der Waals surface area contributed by atoms with Crippen LogP contribution in [0.25, 0.3) is 0 Å². The first kappa shape index (κ1) is 14.9. The molecular formula is C16H26N4S. The highest BCUT2D eigenvalue weighted by Gasteiger charge is 2.30. The van der Waals surface area contributed by atoms with Gasteiger partial charge in [-0.2, -0.15) is 11.8 Å². The van der Waals surface area contributed by atoms with E-state index in [9.17, 15) is 0 Å². The Bertz CT molecular complexity index is 501. The van der Waals surface area contributed by atoms with Gasteiger partial charge < -0.3 is 10.2 Å². The van der Waals surface area contributed by atoms with Gasteiger partial charge in [-0.1, -0.05) is 13.8 Å². The predicted molar refractivity (Wildman–Crippen MR) is 91.7 cm³/mol. The average Bonchev–Trinajstić information content (AvgIpc) is 3.31. The van der Waals surface area contributed by atoms with E-state index in [1.807, 2.05) is 0 Å². The molecule has 1 saturated carbocycles. The lowest BCUT2D eigenvalue weighted by atomic mass is 10.2. The van der Waals surface area contributed by atoms with Crippen molar-refractivity contribution in [2.24, 2.45) is 0 Å². The summed E-state index contributed by atoms with van der Waals surface area (Å²) in [6.45, 7) is 9.84. The van der Waals surface area contributed by atoms with Crippen LogP contribution in [0.2, 0.25) is 0 Å². The number of nitrogens with zero attached hydrogens (tertiary/aromatic N) is 3. The lowest BCUT2D eigenvalue weighted by molar-refractivity contribution is 0.755. The Morgan fingerprint density at radius 1 is 1.33 bits per heavy atom. The highest BCUT2D eigenvalue weighted by atomic mass is 32.2. The first-order valence-electron chi connectivity index (χ1n) is 8.18. The second-order valence-corrected chi connectivity index (χ2v) is 7.75. The number of anilines is 2. The van der Waals surface area contributed by atoms with Gasteiger partial charge in [0.25, 0.3) is 0 Å². The van der Waals surface area contributed by atoms with E-state index in [0.717, 1.165) is 43.5 Å². The van der Waals surface area contributed by atoms with Crippen LogP contribution >= 0.6 is 11.8 Å². The Balaban J connectivity index is 1.91. The first-order valence-corrected chi connectivity index (χ1v) is 9.23. The molecule has 1 saturated heterocycles. The lowest BCUT2D eigenvalue weighted by Crippen LogP contribution is -2.38. The highest BCUT2D eigenvalue weighted by molar-refractivity contribution is 8.00. The standard InChI is InChI=1S/C16H26N4S/c1-4-7-17-14-12(3)16(19-15(18-14)13-5-6-13)20-8-9-21-11(2)10-20/h11,13H,4-10H2,1-3H3,(H,17,18,19). The van der Waals surface area contributed by atoms with Gasteiger partial charge in [0, 0.05) is 42.1 Å². The third-order valence-corrected chi connectivity index (χ3v) is 5.30. The van der Waals surface area contributed by atoms with Gasteiger partial charge in [0.15, 0.2) is 0 Å². The number of hydrogen-bond donors (Lipinski definition) is 1. The fourth-order valence-corrected chi connectivity index (χ4v) is 3.79. The van der Waals surface area contributed by atoms with Gasteiger partial charge in [0.1, 0.15) is 17.5 Å². The summed E-state index contributed by atoms with van der Waals surface area (Å²) in [6, 6.07) is 0. The van der Waals surface area contributed by atoms with Gasteiger partial charge in [-0.15, -0.1) is 0 Å². The molecule has 1 aliphatic heterocycles. The zero-order valence-electron chi connectivity index (χ0n) is 13.4. The molecule has 0 spiro atoms. The number of hydrogen-bond acceptors (Lipinski definition) is 5. The molecule has 1 aliphatic carbocycles. The minimum Gasteiger partial charge on any atom is -0.370 e. The summed E-state index contributed by atoms with van der Waals surface area (Å²) >= 11 is 2.06. The minimum atomic E-state index is 0.600. The molecule has 3 rings (SSSR count). The predicted octanol–water partition coefficient (Wildman–Crippen LogP) is 3.43. The SMILES string of the molecule is CCCNc1nc(C2CC2)nc(N2CCSC(C)C2)c1C. The van der Waals surface area contributed by atoms with Crippen LogP contribution in [-0.4, -0.2) is 40.6 Å². The van der Waals surface area contributed by atoms with Crippen LogP contribution < -0.4 is 10.2 Å². The summed E-state index contributed by atoms with van der Waals surface area (Å²) in [6.07, 6.45) is 3.62. The molecule has 5 heteroatoms. The molecule has 0 aromatic carbocycles. The Kier molecular flexibility index (Phi) is 4.57. The molecule has 2 heterocycles. The van der Waals surface area contributed by atoms with E-state index >= 15 is 0 Å². The summed E-state index contributed by atoms with van der Waals surface area (Å²) in [7, 11) is 0. The smallest absolute Gasteiger partial charge is 0.137 e. The van der Waals surface area contributed by atoms with Crippen molar-refractivity contribution in [1.82, 2.24) is 9.97 Å². The molecule has 21 heavy (non-hydrogen) atoms. The van der Waals surface area contributed by atoms with Gasteiger partial charge in [-0.05, 0) is 26.2 Å². The minimum absolute atomic E-state index is 0.600. The molecular weight excluding hydrogens is 280 g/mol. The summed E-state index contributed by atoms with van der Waals surface area (Å²) < 4.78 is 0. The third-order valence-electron chi connectivity index (χ3n) is 4.16. The molecule has 116 valence electrons. The van der Waals surface area contributed by atoms with Crippen molar-refractivity contribution in [2.75, 3.05) is 35.6 Å². The van der Waals surface area contributed by atoms with Crippen molar-refractivity contribution < 1.29 is 0 Å². The van der Waals surface area contributed by atoms with E-state index in [1.165, 1.54) is 24.2 Å². The lowest BCUT2D eigenvalue weighted by Gasteiger charge is -2.33. The molecule has 1 aromatic rings. The van der Waals surface area contributed by atoms with Crippen molar-refractivity contribution in [3.05, 3.63) is 11.4 Å². The van der Waals surface area contributed by atoms with Crippen LogP contribution in [0.5, 0.6) is 0 Å². The Labute approximate surface area is 132 Å². The molecule has 4 nitrogen and oxygen atoms in total. The highest BCUT2D eigenvalue weighted by Crippen LogP contribution is 2.40. The first-order chi connectivity index (χ1) is 10.2. The van der Waals surface area contributed by atoms with E-state index in [2.05, 4.69) is 42.7 Å². The van der Waals surface area contributed by atoms with Crippen LogP contribution in [0.3, 0.4) is 0 Å². The van der Waals surface area contributed by atoms with Gasteiger partial charge in [0.2, 0.25) is 0 Å². The number of aromatic nitrogens is 2. The van der Waals surface area contributed by atoms with Crippen LogP contribution in [0.4, 0.5) is 11.6 Å². The topological polar surface area (TPSA) is 41.1 Å². The van der Waals surface area contributed by atoms with Crippen LogP contribution in [0, 0.1) is 6.92 Å². The Morgan fingerprint density at radius 3 is 2.81 bits per heavy atom. The van der Waals surface area contributed by atoms with Crippen LogP contribution in [-0.2, 0) is 0 Å². The van der Waals surface area contributed by atoms with Gasteiger partial charge in [-0.25, -0.2) is 9.97 Å². The molecule has 1 atom stereocenters. The molecule has 0 bridgehead atoms. The number of nitrogens with one attached hydrogen (secondary N) is 1. The maximum atomic E-state index is 4.93. The summed E-state index contributed by atoms with van der Waals surface area (Å²) in [5.74, 6) is 5.07. The van der Waals surface area contributed by atoms with E-state index in [1.54, 1.807) is 0 Å². The number of thioether (sulfide) groups is 1. The fourth-order valence-electron chi connectivity index (χ4n) is 2.78. The van der Waals surface area contributed by atoms with Crippen molar-refractivity contribution in [3.63, 3.8) is 0 Å². The molecule has 2 aliphatic rings. The molecule has 1 aromatic heterocycles. The largest absolute Gasteiger partial charge is 0.370 e. The Morgan fingerprint density at radius 2 is 2.14 bits per heavy atom. The normalized spacial score (nSPS) is 22.4. The summed E-state index contributed by atoms with van der Waals surface area (Å²) in [5.41, 5.74) is 1.21. The molecule has 1 N–H and O–H groups in total. The van der Waals surface area contributed by atoms with Crippen molar-refractivity contribution in [2.45, 2.75) is 51.2 Å². The van der Waals surface area contributed by atoms with Crippen LogP contribution in [0.1, 0.15) is 50.4 Å². The molecule has 2 fully saturated rings. The molecule has 0 radical (unpaired) electrons. The molecule has 1 unspecified atom stereocenters. The van der Waals surface area contributed by atoms with Crippen LogP contribution in [0.15, 0.2) is 0 Å². The van der Waals surface area contributed by atoms with E-state index in [4.69, 9.17) is 9.97 Å². The van der Waals surface area contributed by atoms with Crippen molar-refractivity contribution >= 4 is 23.4 Å². The monoisotopic (exact) mass is 306 g/mol. The maximum Gasteiger partial charge on any atom is 0.137 e. The summed E-state index contributed by atoms with van der Waals surface area (Å²) in [4.78, 5) is 12.2. The van der Waals surface area contributed by atoms with Crippen molar-refractivity contribution in [1.29, 1.82) is 0 Å². The maximum absolute atomic E-state index is 4.93. The zero-order chi connectivity index (χ0) is 14.8. The Hall–Kier alpha value is -0.970. The third kappa shape index (κ3) is 3.44. The quantitative estimate of drug-likeness (QED) is 0.902. The van der Waals surface area contributed by atoms with Gasteiger partial charge in [0.05, 0.1) is 0 Å². The van der Waals surface area contributed by atoms with Gasteiger partial charge in [-0.3, -0.25) is 0 Å². The van der Waals surface area contributed by atoms with Crippen molar-refractivity contribution in [3.8, 4) is 0 Å².